The fourth-order valence-corrected chi connectivity index (χ4v) is 9.71. The molecular weight excluding hydrogens is 1010 g/mol. The number of benzene rings is 3. The van der Waals surface area contributed by atoms with E-state index in [2.05, 4.69) is 170 Å². The maximum absolute atomic E-state index is 9.96. The van der Waals surface area contributed by atoms with Crippen LogP contribution in [-0.4, -0.2) is 141 Å². The van der Waals surface area contributed by atoms with Crippen LogP contribution in [0.25, 0.3) is 0 Å². The molecule has 6 rings (SSSR count). The maximum Gasteiger partial charge on any atom is 1.00 e. The molecule has 3 heterocycles. The van der Waals surface area contributed by atoms with Gasteiger partial charge in [-0.25, -0.2) is 15.0 Å². The summed E-state index contributed by atoms with van der Waals surface area (Å²) in [7, 11) is 40.5. The van der Waals surface area contributed by atoms with Crippen LogP contribution in [0, 0.1) is 20.8 Å². The number of carbonyl (C=O) groups excluding carboxylic acids is 1. The Morgan fingerprint density at radius 1 is 0.615 bits per heavy atom. The number of aliphatic imine (C=N–C) groups is 1. The average Bonchev–Trinajstić information content (AvgIpc) is 4.12. The largest absolute Gasteiger partial charge is 1.00 e. The summed E-state index contributed by atoms with van der Waals surface area (Å²) in [5.74, 6) is 3.01. The van der Waals surface area contributed by atoms with Crippen LogP contribution in [-0.2, 0) is 6.54 Å². The predicted octanol–water partition coefficient (Wildman–Crippen LogP) is 6.93. The molecule has 0 aliphatic heterocycles. The summed E-state index contributed by atoms with van der Waals surface area (Å²) in [6.07, 6.45) is -0.233. The quantitative estimate of drug-likeness (QED) is 0.0392. The number of aromatic nitrogens is 3. The van der Waals surface area contributed by atoms with Gasteiger partial charge >= 0.3 is 29.6 Å². The number of carbonyl (C=O) groups is 1. The van der Waals surface area contributed by atoms with Crippen molar-refractivity contribution in [3.8, 4) is 0 Å². The van der Waals surface area contributed by atoms with Gasteiger partial charge in [-0.1, -0.05) is 138 Å². The van der Waals surface area contributed by atoms with Crippen LogP contribution in [0.2, 0.25) is 0 Å². The van der Waals surface area contributed by atoms with E-state index in [0.29, 0.717) is 41.2 Å². The van der Waals surface area contributed by atoms with Crippen molar-refractivity contribution in [2.75, 3.05) is 18.2 Å². The summed E-state index contributed by atoms with van der Waals surface area (Å²) in [5.41, 5.74) is 20.0. The summed E-state index contributed by atoms with van der Waals surface area (Å²) in [5, 5.41) is 19.7. The van der Waals surface area contributed by atoms with E-state index in [-0.39, 0.29) is 45.8 Å². The first kappa shape index (κ1) is 77.4. The van der Waals surface area contributed by atoms with Crippen LogP contribution in [0.3, 0.4) is 0 Å². The van der Waals surface area contributed by atoms with E-state index in [1.165, 1.54) is 57.5 Å². The molecule has 18 radical (unpaired) electrons. The Bertz CT molecular complexity index is 2540. The number of aryl methyl sites for hydroxylation is 3. The molecule has 386 valence electrons. The first-order valence-corrected chi connectivity index (χ1v) is 28.5. The van der Waals surface area contributed by atoms with Gasteiger partial charge < -0.3 is 17.6 Å². The summed E-state index contributed by atoms with van der Waals surface area (Å²) in [6.45, 7) is 33.3. The summed E-state index contributed by atoms with van der Waals surface area (Å²) >= 11 is 4.85. The van der Waals surface area contributed by atoms with Crippen LogP contribution in [0.5, 0.6) is 0 Å². The molecule has 8 nitrogen and oxygen atoms in total. The molecule has 0 saturated carbocycles. The summed E-state index contributed by atoms with van der Waals surface area (Å²) in [6, 6.07) is 19.4. The fourth-order valence-electron chi connectivity index (χ4n) is 7.98. The van der Waals surface area contributed by atoms with E-state index in [0.717, 1.165) is 57.7 Å². The molecule has 0 atom stereocenters. The first-order valence-electron chi connectivity index (χ1n) is 25.9. The number of nitrogen functional groups attached to an aromatic ring is 1. The number of hydrogen-bond acceptors (Lipinski definition) is 11. The molecule has 0 aliphatic carbocycles. The van der Waals surface area contributed by atoms with Crippen molar-refractivity contribution >= 4 is 165 Å². The number of rotatable bonds is 17. The number of nitrogens with zero attached hydrogens (tertiary/aromatic N) is 4. The third-order valence-corrected chi connectivity index (χ3v) is 14.4. The third-order valence-electron chi connectivity index (χ3n) is 12.0. The Labute approximate surface area is 521 Å². The molecule has 26 heteroatoms. The number of anilines is 2. The van der Waals surface area contributed by atoms with E-state index in [4.69, 9.17) is 70.0 Å². The summed E-state index contributed by atoms with van der Waals surface area (Å²) < 4.78 is 0. The number of aliphatic hydroxyl groups is 1. The Kier molecular flexibility index (Phi) is 40.2. The van der Waals surface area contributed by atoms with Crippen molar-refractivity contribution in [3.63, 3.8) is 0 Å². The van der Waals surface area contributed by atoms with Crippen molar-refractivity contribution in [1.29, 1.82) is 0 Å². The van der Waals surface area contributed by atoms with Gasteiger partial charge in [0.2, 0.25) is 0 Å². The van der Waals surface area contributed by atoms with Crippen LogP contribution >= 0.6 is 34.0 Å². The van der Waals surface area contributed by atoms with Crippen molar-refractivity contribution in [3.05, 3.63) is 136 Å². The molecular formula is C52H75B14N6NaO2S3. The number of aldehydes is 1. The molecule has 0 unspecified atom stereocenters. The second-order valence-electron chi connectivity index (χ2n) is 20.1. The van der Waals surface area contributed by atoms with Gasteiger partial charge in [0, 0.05) is 136 Å². The van der Waals surface area contributed by atoms with Gasteiger partial charge in [0.25, 0.3) is 0 Å². The van der Waals surface area contributed by atoms with E-state index < -0.39 is 25.5 Å². The number of para-hydroxylation sites is 3. The zero-order chi connectivity index (χ0) is 58.0. The van der Waals surface area contributed by atoms with Crippen LogP contribution in [0.4, 0.5) is 17.1 Å². The van der Waals surface area contributed by atoms with Crippen molar-refractivity contribution < 1.29 is 40.9 Å². The summed E-state index contributed by atoms with van der Waals surface area (Å²) in [4.78, 5) is 27.6. The van der Waals surface area contributed by atoms with Gasteiger partial charge in [0.15, 0.2) is 6.29 Å². The normalized spacial score (nSPS) is 10.3. The van der Waals surface area contributed by atoms with E-state index in [9.17, 15) is 4.79 Å². The third kappa shape index (κ3) is 26.5. The van der Waals surface area contributed by atoms with Crippen molar-refractivity contribution in [2.24, 2.45) is 4.99 Å². The fraction of sp³-hybridized carbons (Fsp3) is 0.442. The number of aliphatic hydroxyl groups excluding tert-OH is 1. The molecule has 6 aromatic rings. The van der Waals surface area contributed by atoms with E-state index >= 15 is 0 Å². The Morgan fingerprint density at radius 2 is 0.974 bits per heavy atom. The molecule has 3 aromatic heterocycles. The standard InChI is InChI=1S/C17H24N2S.C17H22N2S.C12H19N.C5H5NOS.CH4O.B13.B.Na.H/c2*1-11(2)15-7-6-8-16(12(3)4)17(15)18-9-14-10-20-13(5)19-14;1-8(2)10-6-5-7-11(9(3)4)12(10)13;1-4-6-5(2-7)3-8-4;1-2;1-8-12(9(2)3)13(10(4)5)11(6)7;;;/h6-8,10-12,18H,9H2,1-5H3;6-12H,1-5H3;5-9H,13H2,1-4H3;2-3H,1H3;2H,1H3;;;;/q;;;;;;;+1;-1. The SMILES string of the molecule is CC(C)c1cccc(C(C)C)c1N.CO.Cc1nc(C=Nc2c(C(C)C)cccc2C(C)C)cs1.Cc1nc(C=O)cs1.Cc1nc(CNc2c(C(C)C)cccc2C(C)C)cs1.[B].[B][B]B(B([B])[B])B(B([B])[B])B([B])[B].[H-].[Na+]. The molecule has 4 N–H and O–H groups in total. The Hall–Kier alpha value is -2.64. The predicted molar refractivity (Wildman–Crippen MR) is 359 cm³/mol. The molecule has 78 heavy (non-hydrogen) atoms. The smallest absolute Gasteiger partial charge is 1.00 e. The molecule has 0 amide bonds. The van der Waals surface area contributed by atoms with Crippen LogP contribution in [0.1, 0.15) is 190 Å². The molecule has 0 bridgehead atoms. The van der Waals surface area contributed by atoms with Crippen molar-refractivity contribution in [2.45, 2.75) is 146 Å². The topological polar surface area (TPSA) is 126 Å². The first-order chi connectivity index (χ1) is 35.7. The van der Waals surface area contributed by atoms with Crippen LogP contribution in [0.15, 0.2) is 75.7 Å². The van der Waals surface area contributed by atoms with Crippen LogP contribution < -0.4 is 40.6 Å². The van der Waals surface area contributed by atoms with Gasteiger partial charge in [0.05, 0.1) is 44.9 Å². The maximum atomic E-state index is 9.96. The van der Waals surface area contributed by atoms with Crippen molar-refractivity contribution in [1.82, 2.24) is 15.0 Å². The molecule has 0 aliphatic rings. The van der Waals surface area contributed by atoms with E-state index in [1.807, 2.05) is 25.4 Å². The second kappa shape index (κ2) is 40.5. The molecule has 0 spiro atoms. The number of hydrogen-bond donors (Lipinski definition) is 3. The van der Waals surface area contributed by atoms with Gasteiger partial charge in [-0.15, -0.1) is 34.0 Å². The Balaban J connectivity index is -0.000000924. The zero-order valence-corrected chi connectivity index (χ0v) is 54.2. The second-order valence-corrected chi connectivity index (χ2v) is 23.3. The minimum absolute atomic E-state index is 0. The minimum atomic E-state index is -0.695. The number of nitrogens with one attached hydrogen (secondary N) is 1. The number of thiazole rings is 3. The van der Waals surface area contributed by atoms with Gasteiger partial charge in [-0.2, -0.15) is 0 Å². The minimum Gasteiger partial charge on any atom is -1.00 e. The zero-order valence-electron chi connectivity index (χ0n) is 50.8. The molecule has 3 aromatic carbocycles. The Morgan fingerprint density at radius 3 is 1.26 bits per heavy atom. The van der Waals surface area contributed by atoms with E-state index in [1.54, 1.807) is 28.1 Å². The molecule has 0 saturated heterocycles. The monoisotopic (exact) mass is 1090 g/mol. The van der Waals surface area contributed by atoms with Gasteiger partial charge in [0.1, 0.15) is 5.69 Å². The van der Waals surface area contributed by atoms with Gasteiger partial charge in [-0.05, 0) is 89.7 Å². The van der Waals surface area contributed by atoms with Gasteiger partial charge in [-0.3, -0.25) is 9.79 Å². The molecule has 0 fully saturated rings. The average molecular weight is 1090 g/mol. The number of nitrogens with two attached hydrogens (primary N) is 1.